The molecule has 21 heavy (non-hydrogen) atoms. The first-order chi connectivity index (χ1) is 10.2. The molecule has 4 heteroatoms. The molecule has 0 aliphatic heterocycles. The number of carbonyl (C=O) groups excluding carboxylic acids is 1. The molecular weight excluding hydrogens is 394 g/mol. The van der Waals surface area contributed by atoms with Crippen LogP contribution in [-0.2, 0) is 6.54 Å². The molecule has 0 saturated heterocycles. The molecule has 0 saturated carbocycles. The first-order valence-corrected chi connectivity index (χ1v) is 8.10. The summed E-state index contributed by atoms with van der Waals surface area (Å²) in [6.07, 6.45) is 1.93. The maximum absolute atomic E-state index is 12.3. The minimum absolute atomic E-state index is 0.0932. The van der Waals surface area contributed by atoms with Gasteiger partial charge in [-0.15, -0.1) is 0 Å². The van der Waals surface area contributed by atoms with Crippen molar-refractivity contribution >= 4 is 48.4 Å². The molecule has 1 aromatic heterocycles. The number of halogens is 2. The van der Waals surface area contributed by atoms with E-state index in [1.807, 2.05) is 65.4 Å². The van der Waals surface area contributed by atoms with E-state index in [4.69, 9.17) is 0 Å². The van der Waals surface area contributed by atoms with Crippen LogP contribution in [-0.4, -0.2) is 5.78 Å². The summed E-state index contributed by atoms with van der Waals surface area (Å²) in [5.41, 5.74) is 0.728. The average molecular weight is 406 g/mol. The van der Waals surface area contributed by atoms with Crippen molar-refractivity contribution in [3.63, 3.8) is 0 Å². The van der Waals surface area contributed by atoms with Gasteiger partial charge in [-0.05, 0) is 12.1 Å². The van der Waals surface area contributed by atoms with E-state index >= 15 is 0 Å². The van der Waals surface area contributed by atoms with Crippen LogP contribution in [0.25, 0.3) is 10.8 Å². The van der Waals surface area contributed by atoms with Crippen molar-refractivity contribution in [2.75, 3.05) is 0 Å². The van der Waals surface area contributed by atoms with Crippen molar-refractivity contribution in [3.05, 3.63) is 75.4 Å². The van der Waals surface area contributed by atoms with Gasteiger partial charge in [-0.2, -0.15) is 4.57 Å². The van der Waals surface area contributed by atoms with Gasteiger partial charge < -0.3 is 0 Å². The molecule has 3 rings (SSSR count). The number of aromatic nitrogens is 1. The predicted molar refractivity (Wildman–Crippen MR) is 90.3 cm³/mol. The number of benzene rings is 2. The Labute approximate surface area is 139 Å². The van der Waals surface area contributed by atoms with E-state index < -0.39 is 0 Å². The molecule has 0 aliphatic carbocycles. The Morgan fingerprint density at radius 3 is 2.43 bits per heavy atom. The fraction of sp³-hybridized carbons (Fsp3) is 0.0588. The SMILES string of the molecule is O=C(C[n+]1ccc2c(Br)cccc2c1Br)c1ccccc1. The standard InChI is InChI=1S/C17H12Br2NO/c18-15-8-4-7-14-13(15)9-10-20(17(14)19)11-16(21)12-5-2-1-3-6-12/h1-10H,11H2/q+1. The molecule has 2 aromatic carbocycles. The lowest BCUT2D eigenvalue weighted by Crippen LogP contribution is -2.39. The zero-order chi connectivity index (χ0) is 14.8. The van der Waals surface area contributed by atoms with Gasteiger partial charge >= 0.3 is 0 Å². The third kappa shape index (κ3) is 2.92. The topological polar surface area (TPSA) is 20.9 Å². The van der Waals surface area contributed by atoms with E-state index in [-0.39, 0.29) is 5.78 Å². The number of rotatable bonds is 3. The zero-order valence-electron chi connectivity index (χ0n) is 11.1. The molecule has 0 amide bonds. The Bertz CT molecular complexity index is 816. The van der Waals surface area contributed by atoms with Crippen molar-refractivity contribution in [3.8, 4) is 0 Å². The molecule has 104 valence electrons. The van der Waals surface area contributed by atoms with Gasteiger partial charge in [-0.1, -0.05) is 52.3 Å². The van der Waals surface area contributed by atoms with E-state index in [0.717, 1.165) is 25.4 Å². The Kier molecular flexibility index (Phi) is 4.17. The van der Waals surface area contributed by atoms with Crippen molar-refractivity contribution in [1.82, 2.24) is 0 Å². The molecular formula is C17H12Br2NO+. The summed E-state index contributed by atoms with van der Waals surface area (Å²) < 4.78 is 3.87. The number of fused-ring (bicyclic) bond motifs is 1. The zero-order valence-corrected chi connectivity index (χ0v) is 14.3. The lowest BCUT2D eigenvalue weighted by molar-refractivity contribution is -0.692. The van der Waals surface area contributed by atoms with Crippen molar-refractivity contribution < 1.29 is 9.36 Å². The fourth-order valence-electron chi connectivity index (χ4n) is 2.26. The molecule has 0 aliphatic rings. The number of hydrogen-bond donors (Lipinski definition) is 0. The second kappa shape index (κ2) is 6.08. The van der Waals surface area contributed by atoms with E-state index in [2.05, 4.69) is 31.9 Å². The summed E-state index contributed by atoms with van der Waals surface area (Å²) in [5.74, 6) is 0.0932. The van der Waals surface area contributed by atoms with Gasteiger partial charge in [0.15, 0.2) is 6.20 Å². The van der Waals surface area contributed by atoms with Crippen LogP contribution in [0.4, 0.5) is 0 Å². The Morgan fingerprint density at radius 2 is 1.67 bits per heavy atom. The van der Waals surface area contributed by atoms with Crippen LogP contribution >= 0.6 is 31.9 Å². The third-order valence-corrected chi connectivity index (χ3v) is 4.93. The molecule has 0 spiro atoms. The van der Waals surface area contributed by atoms with Crippen LogP contribution in [0.5, 0.6) is 0 Å². The van der Waals surface area contributed by atoms with Crippen molar-refractivity contribution in [2.24, 2.45) is 0 Å². The first kappa shape index (κ1) is 14.4. The largest absolute Gasteiger partial charge is 0.287 e. The smallest absolute Gasteiger partial charge is 0.256 e. The summed E-state index contributed by atoms with van der Waals surface area (Å²) in [6.45, 7) is 0.313. The summed E-state index contributed by atoms with van der Waals surface area (Å²) in [4.78, 5) is 12.3. The van der Waals surface area contributed by atoms with Gasteiger partial charge in [-0.3, -0.25) is 4.79 Å². The minimum Gasteiger partial charge on any atom is -0.287 e. The summed E-state index contributed by atoms with van der Waals surface area (Å²) in [5, 5.41) is 2.19. The van der Waals surface area contributed by atoms with E-state index in [1.54, 1.807) is 0 Å². The number of Topliss-reactive ketones (excluding diaryl/α,β-unsaturated/α-hetero) is 1. The number of pyridine rings is 1. The van der Waals surface area contributed by atoms with Crippen molar-refractivity contribution in [1.29, 1.82) is 0 Å². The maximum atomic E-state index is 12.3. The number of hydrogen-bond acceptors (Lipinski definition) is 1. The van der Waals surface area contributed by atoms with E-state index in [9.17, 15) is 4.79 Å². The highest BCUT2D eigenvalue weighted by Crippen LogP contribution is 2.27. The third-order valence-electron chi connectivity index (χ3n) is 3.36. The Hall–Kier alpha value is -1.52. The monoisotopic (exact) mass is 404 g/mol. The quantitative estimate of drug-likeness (QED) is 0.356. The average Bonchev–Trinajstić information content (AvgIpc) is 2.51. The van der Waals surface area contributed by atoms with Crippen LogP contribution in [0.3, 0.4) is 0 Å². The molecule has 0 atom stereocenters. The van der Waals surface area contributed by atoms with Crippen LogP contribution < -0.4 is 4.57 Å². The number of carbonyl (C=O) groups is 1. The van der Waals surface area contributed by atoms with Gasteiger partial charge in [0.1, 0.15) is 0 Å². The number of ketones is 1. The fourth-order valence-corrected chi connectivity index (χ4v) is 3.35. The molecule has 0 radical (unpaired) electrons. The van der Waals surface area contributed by atoms with Crippen molar-refractivity contribution in [2.45, 2.75) is 6.54 Å². The summed E-state index contributed by atoms with van der Waals surface area (Å²) >= 11 is 7.15. The van der Waals surface area contributed by atoms with Gasteiger partial charge in [0.05, 0.1) is 5.39 Å². The minimum atomic E-state index is 0.0932. The predicted octanol–water partition coefficient (Wildman–Crippen LogP) is 4.54. The van der Waals surface area contributed by atoms with Gasteiger partial charge in [-0.25, -0.2) is 0 Å². The lowest BCUT2D eigenvalue weighted by atomic mass is 10.1. The maximum Gasteiger partial charge on any atom is 0.256 e. The molecule has 0 fully saturated rings. The highest BCUT2D eigenvalue weighted by molar-refractivity contribution is 9.11. The van der Waals surface area contributed by atoms with Gasteiger partial charge in [0, 0.05) is 37.4 Å². The Balaban J connectivity index is 1.99. The first-order valence-electron chi connectivity index (χ1n) is 6.51. The van der Waals surface area contributed by atoms with Crippen LogP contribution in [0.2, 0.25) is 0 Å². The lowest BCUT2D eigenvalue weighted by Gasteiger charge is -2.04. The molecule has 3 aromatic rings. The molecule has 1 heterocycles. The summed E-state index contributed by atoms with van der Waals surface area (Å²) in [7, 11) is 0. The van der Waals surface area contributed by atoms with E-state index in [0.29, 0.717) is 6.54 Å². The van der Waals surface area contributed by atoms with Gasteiger partial charge in [0.25, 0.3) is 4.60 Å². The van der Waals surface area contributed by atoms with Gasteiger partial charge in [0.2, 0.25) is 12.3 Å². The molecule has 0 unspecified atom stereocenters. The summed E-state index contributed by atoms with van der Waals surface area (Å²) in [6, 6.07) is 17.4. The van der Waals surface area contributed by atoms with Crippen LogP contribution in [0.15, 0.2) is 69.9 Å². The normalized spacial score (nSPS) is 10.8. The molecule has 0 N–H and O–H groups in total. The van der Waals surface area contributed by atoms with E-state index in [1.165, 1.54) is 0 Å². The second-order valence-electron chi connectivity index (χ2n) is 4.72. The molecule has 0 bridgehead atoms. The number of nitrogens with zero attached hydrogens (tertiary/aromatic N) is 1. The van der Waals surface area contributed by atoms with Crippen LogP contribution in [0, 0.1) is 0 Å². The molecule has 2 nitrogen and oxygen atoms in total. The Morgan fingerprint density at radius 1 is 0.905 bits per heavy atom. The highest BCUT2D eigenvalue weighted by Gasteiger charge is 2.18. The second-order valence-corrected chi connectivity index (χ2v) is 6.33. The van der Waals surface area contributed by atoms with Crippen LogP contribution in [0.1, 0.15) is 10.4 Å². The highest BCUT2D eigenvalue weighted by atomic mass is 79.9.